The number of nitrogens with zero attached hydrogens (tertiary/aromatic N) is 2. The van der Waals surface area contributed by atoms with Gasteiger partial charge < -0.3 is 5.32 Å². The molecule has 34 heavy (non-hydrogen) atoms. The molecular weight excluding hydrogens is 445 g/mol. The van der Waals surface area contributed by atoms with Gasteiger partial charge in [0.15, 0.2) is 6.29 Å². The molecule has 4 rings (SSSR count). The molecule has 1 N–H and O–H groups in total. The second-order valence-electron chi connectivity index (χ2n) is 7.22. The second kappa shape index (κ2) is 13.2. The minimum absolute atomic E-state index is 0.281. The molecule has 0 aromatic heterocycles. The molecule has 0 radical (unpaired) electrons. The standard InChI is InChI=1S/C21H12FNOS.C7H14N2/c22-16-9-7-15(8-10-16)21-17-3-1-2-4-19(17)25-20-12-6-14(13-24)5-11-18(20)23-21;1-3-5-9-7-4-6-8-2/h1-4,6-13H;3,5,7-8H,4,6H2,1-2H3/b;5-3-,9-7?. The van der Waals surface area contributed by atoms with E-state index in [2.05, 4.69) is 16.0 Å². The highest BCUT2D eigenvalue weighted by molar-refractivity contribution is 8.03. The van der Waals surface area contributed by atoms with Crippen LogP contribution < -0.4 is 5.32 Å². The van der Waals surface area contributed by atoms with Crippen LogP contribution in [-0.2, 0) is 4.79 Å². The third-order valence-electron chi connectivity index (χ3n) is 4.75. The molecular formula is C28H26FN3OS. The number of nitrogens with one attached hydrogen (secondary N) is 1. The minimum atomic E-state index is -0.281. The van der Waals surface area contributed by atoms with E-state index in [1.807, 2.05) is 56.6 Å². The van der Waals surface area contributed by atoms with Gasteiger partial charge in [0.2, 0.25) is 0 Å². The van der Waals surface area contributed by atoms with Gasteiger partial charge in [0.05, 0.1) is 17.0 Å². The van der Waals surface area contributed by atoms with E-state index in [0.29, 0.717) is 5.57 Å². The van der Waals surface area contributed by atoms with E-state index in [1.165, 1.54) is 12.1 Å². The highest BCUT2D eigenvalue weighted by atomic mass is 32.2. The van der Waals surface area contributed by atoms with Gasteiger partial charge in [0, 0.05) is 39.4 Å². The zero-order valence-electron chi connectivity index (χ0n) is 19.2. The van der Waals surface area contributed by atoms with Crippen molar-refractivity contribution in [3.63, 3.8) is 0 Å². The zero-order chi connectivity index (χ0) is 24.2. The van der Waals surface area contributed by atoms with E-state index in [-0.39, 0.29) is 5.82 Å². The SMILES string of the molecule is C/C=C\N=CCCNC.O=CC1=C=CC2=C(C=C1)Sc1ccccc1C(c1ccc(F)cc1)=N2. The fourth-order valence-corrected chi connectivity index (χ4v) is 4.08. The average Bonchev–Trinajstić information content (AvgIpc) is 3.15. The number of thioether (sulfide) groups is 1. The Morgan fingerprint density at radius 1 is 1.15 bits per heavy atom. The van der Waals surface area contributed by atoms with Gasteiger partial charge in [-0.2, -0.15) is 0 Å². The molecule has 2 aliphatic rings. The van der Waals surface area contributed by atoms with Crippen LogP contribution in [0.25, 0.3) is 0 Å². The van der Waals surface area contributed by atoms with E-state index in [4.69, 9.17) is 4.99 Å². The normalized spacial score (nSPS) is 14.6. The first kappa shape index (κ1) is 25.1. The van der Waals surface area contributed by atoms with Gasteiger partial charge >= 0.3 is 0 Å². The highest BCUT2D eigenvalue weighted by Crippen LogP contribution is 2.38. The number of halogens is 1. The maximum atomic E-state index is 13.3. The average molecular weight is 472 g/mol. The number of fused-ring (bicyclic) bond motifs is 1. The number of rotatable bonds is 6. The van der Waals surface area contributed by atoms with Crippen LogP contribution >= 0.6 is 11.8 Å². The molecule has 0 spiro atoms. The van der Waals surface area contributed by atoms with Crippen LogP contribution in [0.1, 0.15) is 24.5 Å². The molecule has 0 saturated heterocycles. The molecule has 0 unspecified atom stereocenters. The lowest BCUT2D eigenvalue weighted by Crippen LogP contribution is -2.07. The zero-order valence-corrected chi connectivity index (χ0v) is 20.0. The molecule has 1 aliphatic heterocycles. The molecule has 0 amide bonds. The van der Waals surface area contributed by atoms with Crippen molar-refractivity contribution in [3.8, 4) is 0 Å². The quantitative estimate of drug-likeness (QED) is 0.242. The third-order valence-corrected chi connectivity index (χ3v) is 5.89. The first-order valence-corrected chi connectivity index (χ1v) is 11.7. The van der Waals surface area contributed by atoms with Crippen molar-refractivity contribution >= 4 is 30.0 Å². The monoisotopic (exact) mass is 471 g/mol. The largest absolute Gasteiger partial charge is 0.319 e. The van der Waals surface area contributed by atoms with Crippen molar-refractivity contribution < 1.29 is 9.18 Å². The van der Waals surface area contributed by atoms with Crippen LogP contribution in [0.3, 0.4) is 0 Å². The van der Waals surface area contributed by atoms with Gasteiger partial charge in [-0.15, -0.1) is 5.73 Å². The number of allylic oxidation sites excluding steroid dienone is 4. The number of carbonyl (C=O) groups is 1. The van der Waals surface area contributed by atoms with E-state index in [1.54, 1.807) is 42.2 Å². The highest BCUT2D eigenvalue weighted by Gasteiger charge is 2.19. The Hall–Kier alpha value is -3.57. The number of aliphatic imine (C=N–C) groups is 2. The van der Waals surface area contributed by atoms with Crippen molar-refractivity contribution in [3.05, 3.63) is 118 Å². The summed E-state index contributed by atoms with van der Waals surface area (Å²) in [6.45, 7) is 2.95. The lowest BCUT2D eigenvalue weighted by molar-refractivity contribution is -0.104. The summed E-state index contributed by atoms with van der Waals surface area (Å²) in [7, 11) is 1.93. The maximum absolute atomic E-state index is 13.3. The van der Waals surface area contributed by atoms with Gasteiger partial charge in [0.1, 0.15) is 5.82 Å². The van der Waals surface area contributed by atoms with Crippen LogP contribution in [-0.4, -0.2) is 31.8 Å². The van der Waals surface area contributed by atoms with Crippen LogP contribution in [0.5, 0.6) is 0 Å². The minimum Gasteiger partial charge on any atom is -0.319 e. The number of benzene rings is 2. The first-order chi connectivity index (χ1) is 16.7. The molecule has 2 aromatic carbocycles. The number of aldehydes is 1. The van der Waals surface area contributed by atoms with Gasteiger partial charge in [-0.05, 0) is 69.4 Å². The van der Waals surface area contributed by atoms with Gasteiger partial charge in [-0.3, -0.25) is 9.79 Å². The molecule has 1 aliphatic carbocycles. The topological polar surface area (TPSA) is 53.8 Å². The molecule has 0 atom stereocenters. The van der Waals surface area contributed by atoms with Crippen molar-refractivity contribution in [2.45, 2.75) is 18.2 Å². The van der Waals surface area contributed by atoms with Crippen LogP contribution in [0.4, 0.5) is 4.39 Å². The Morgan fingerprint density at radius 2 is 1.94 bits per heavy atom. The summed E-state index contributed by atoms with van der Waals surface area (Å²) < 4.78 is 13.3. The van der Waals surface area contributed by atoms with Crippen LogP contribution in [0, 0.1) is 5.82 Å². The second-order valence-corrected chi connectivity index (χ2v) is 8.30. The Labute approximate surface area is 204 Å². The summed E-state index contributed by atoms with van der Waals surface area (Å²) in [5, 5.41) is 3.03. The summed E-state index contributed by atoms with van der Waals surface area (Å²) in [5.74, 6) is -0.281. The molecule has 0 bridgehead atoms. The molecule has 0 fully saturated rings. The van der Waals surface area contributed by atoms with Crippen molar-refractivity contribution in [1.29, 1.82) is 0 Å². The lowest BCUT2D eigenvalue weighted by Gasteiger charge is -2.09. The van der Waals surface area contributed by atoms with Gasteiger partial charge in [-0.1, -0.05) is 36.0 Å². The summed E-state index contributed by atoms with van der Waals surface area (Å²) in [4.78, 5) is 21.8. The molecule has 0 saturated carbocycles. The summed E-state index contributed by atoms with van der Waals surface area (Å²) in [6.07, 6.45) is 12.7. The molecule has 4 nitrogen and oxygen atoms in total. The summed E-state index contributed by atoms with van der Waals surface area (Å²) in [5.41, 5.74) is 6.77. The number of hydrogen-bond acceptors (Lipinski definition) is 5. The predicted molar refractivity (Wildman–Crippen MR) is 140 cm³/mol. The van der Waals surface area contributed by atoms with E-state index < -0.39 is 0 Å². The summed E-state index contributed by atoms with van der Waals surface area (Å²) >= 11 is 1.59. The third kappa shape index (κ3) is 6.96. The number of carbonyl (C=O) groups excluding carboxylic acids is 1. The maximum Gasteiger partial charge on any atom is 0.157 e. The smallest absolute Gasteiger partial charge is 0.157 e. The Kier molecular flexibility index (Phi) is 9.74. The van der Waals surface area contributed by atoms with E-state index in [9.17, 15) is 9.18 Å². The van der Waals surface area contributed by atoms with E-state index >= 15 is 0 Å². The van der Waals surface area contributed by atoms with E-state index in [0.717, 1.165) is 51.6 Å². The van der Waals surface area contributed by atoms with Crippen molar-refractivity contribution in [1.82, 2.24) is 5.32 Å². The Morgan fingerprint density at radius 3 is 2.68 bits per heavy atom. The predicted octanol–water partition coefficient (Wildman–Crippen LogP) is 6.03. The fraction of sp³-hybridized carbons (Fsp3) is 0.143. The Balaban J connectivity index is 0.000000309. The fourth-order valence-electron chi connectivity index (χ4n) is 3.08. The van der Waals surface area contributed by atoms with Crippen LogP contribution in [0.2, 0.25) is 0 Å². The molecule has 172 valence electrons. The summed E-state index contributed by atoms with van der Waals surface area (Å²) in [6, 6.07) is 14.3. The van der Waals surface area contributed by atoms with Crippen molar-refractivity contribution in [2.24, 2.45) is 9.98 Å². The van der Waals surface area contributed by atoms with Gasteiger partial charge in [0.25, 0.3) is 0 Å². The lowest BCUT2D eigenvalue weighted by atomic mass is 10.0. The molecule has 6 heteroatoms. The molecule has 1 heterocycles. The van der Waals surface area contributed by atoms with Crippen molar-refractivity contribution in [2.75, 3.05) is 13.6 Å². The molecule has 2 aromatic rings. The first-order valence-electron chi connectivity index (χ1n) is 10.9. The Bertz CT molecular complexity index is 1230. The number of hydrogen-bond donors (Lipinski definition) is 1. The van der Waals surface area contributed by atoms with Crippen LogP contribution in [0.15, 0.2) is 116 Å². The van der Waals surface area contributed by atoms with Gasteiger partial charge in [-0.25, -0.2) is 9.38 Å².